The Balaban J connectivity index is 0.000000921. The topological polar surface area (TPSA) is 75.4 Å². The molecule has 1 fully saturated rings. The Morgan fingerprint density at radius 3 is 2.67 bits per heavy atom. The van der Waals surface area contributed by atoms with Crippen molar-refractivity contribution in [3.8, 4) is 0 Å². The van der Waals surface area contributed by atoms with Crippen LogP contribution in [0.5, 0.6) is 0 Å². The summed E-state index contributed by atoms with van der Waals surface area (Å²) in [6.45, 7) is 1.36. The van der Waals surface area contributed by atoms with Crippen LogP contribution >= 0.6 is 0 Å². The van der Waals surface area contributed by atoms with Gasteiger partial charge in [0.25, 0.3) is 0 Å². The van der Waals surface area contributed by atoms with Crippen molar-refractivity contribution in [1.29, 1.82) is 0 Å². The molecule has 5 heteroatoms. The molecule has 0 bridgehead atoms. The van der Waals surface area contributed by atoms with Crippen molar-refractivity contribution >= 4 is 12.3 Å². The lowest BCUT2D eigenvalue weighted by Gasteiger charge is -2.18. The second kappa shape index (κ2) is 8.23. The average molecular weight is 215 g/mol. The van der Waals surface area contributed by atoms with Gasteiger partial charge >= 0.3 is 0 Å². The largest absolute Gasteiger partial charge is 0.359 e. The van der Waals surface area contributed by atoms with Crippen molar-refractivity contribution in [2.45, 2.75) is 19.3 Å². The Morgan fingerprint density at radius 2 is 2.13 bits per heavy atom. The molecule has 0 aromatic heterocycles. The van der Waals surface area contributed by atoms with Gasteiger partial charge in [-0.1, -0.05) is 6.42 Å². The highest BCUT2D eigenvalue weighted by Crippen LogP contribution is 2.15. The number of carbonyl (C=O) groups is 2. The number of nitrogens with two attached hydrogens (primary N) is 1. The molecule has 1 saturated heterocycles. The van der Waals surface area contributed by atoms with Crippen molar-refractivity contribution < 1.29 is 9.59 Å². The van der Waals surface area contributed by atoms with Crippen LogP contribution in [0.15, 0.2) is 0 Å². The molecule has 0 aliphatic carbocycles. The smallest absolute Gasteiger partial charge is 0.224 e. The van der Waals surface area contributed by atoms with Crippen LogP contribution in [0.4, 0.5) is 0 Å². The van der Waals surface area contributed by atoms with Gasteiger partial charge in [-0.25, -0.2) is 0 Å². The van der Waals surface area contributed by atoms with Gasteiger partial charge in [0.1, 0.15) is 0 Å². The lowest BCUT2D eigenvalue weighted by atomic mass is 10.0. The van der Waals surface area contributed by atoms with Gasteiger partial charge in [0.05, 0.1) is 5.92 Å². The van der Waals surface area contributed by atoms with Crippen LogP contribution < -0.4 is 11.1 Å². The second-order valence-electron chi connectivity index (χ2n) is 3.41. The normalized spacial score (nSPS) is 20.7. The summed E-state index contributed by atoms with van der Waals surface area (Å²) in [6, 6.07) is 0. The van der Waals surface area contributed by atoms with Gasteiger partial charge < -0.3 is 16.0 Å². The summed E-state index contributed by atoms with van der Waals surface area (Å²) in [4.78, 5) is 23.6. The SMILES string of the molecule is CN.CNC(=O)C1CCCCN(C=O)C1. The van der Waals surface area contributed by atoms with E-state index in [1.807, 2.05) is 0 Å². The Labute approximate surface area is 91.0 Å². The zero-order valence-corrected chi connectivity index (χ0v) is 9.53. The summed E-state index contributed by atoms with van der Waals surface area (Å²) in [5.74, 6) is 0.0338. The molecule has 1 aliphatic rings. The molecule has 0 spiro atoms. The number of nitrogens with one attached hydrogen (secondary N) is 1. The van der Waals surface area contributed by atoms with Crippen LogP contribution in [0.2, 0.25) is 0 Å². The standard InChI is InChI=1S/C9H16N2O2.CH5N/c1-10-9(13)8-4-2-3-5-11(6-8)7-12;1-2/h7-8H,2-6H2,1H3,(H,10,13);2H2,1H3. The highest BCUT2D eigenvalue weighted by atomic mass is 16.2. The van der Waals surface area contributed by atoms with E-state index in [-0.39, 0.29) is 11.8 Å². The van der Waals surface area contributed by atoms with Gasteiger partial charge in [-0.3, -0.25) is 9.59 Å². The highest BCUT2D eigenvalue weighted by Gasteiger charge is 2.22. The van der Waals surface area contributed by atoms with Gasteiger partial charge in [-0.2, -0.15) is 0 Å². The molecule has 2 amide bonds. The molecule has 0 radical (unpaired) electrons. The summed E-state index contributed by atoms with van der Waals surface area (Å²) >= 11 is 0. The minimum absolute atomic E-state index is 0.0160. The van der Waals surface area contributed by atoms with E-state index >= 15 is 0 Å². The Kier molecular flexibility index (Phi) is 7.62. The van der Waals surface area contributed by atoms with Crippen LogP contribution in [0.1, 0.15) is 19.3 Å². The van der Waals surface area contributed by atoms with Crippen LogP contribution in [0, 0.1) is 5.92 Å². The monoisotopic (exact) mass is 215 g/mol. The zero-order chi connectivity index (χ0) is 11.7. The molecule has 0 aromatic carbocycles. The quantitative estimate of drug-likeness (QED) is 0.613. The number of carbonyl (C=O) groups excluding carboxylic acids is 2. The number of amides is 2. The second-order valence-corrected chi connectivity index (χ2v) is 3.41. The van der Waals surface area contributed by atoms with E-state index in [4.69, 9.17) is 0 Å². The van der Waals surface area contributed by atoms with Crippen LogP contribution in [-0.2, 0) is 9.59 Å². The van der Waals surface area contributed by atoms with Crippen molar-refractivity contribution in [3.63, 3.8) is 0 Å². The molecule has 3 N–H and O–H groups in total. The number of rotatable bonds is 2. The molecule has 1 unspecified atom stereocenters. The van der Waals surface area contributed by atoms with Gasteiger partial charge in [0, 0.05) is 20.1 Å². The lowest BCUT2D eigenvalue weighted by molar-refractivity contribution is -0.126. The molecule has 88 valence electrons. The predicted molar refractivity (Wildman–Crippen MR) is 59.2 cm³/mol. The van der Waals surface area contributed by atoms with E-state index in [0.29, 0.717) is 6.54 Å². The molecule has 0 saturated carbocycles. The summed E-state index contributed by atoms with van der Waals surface area (Å²) in [5, 5.41) is 2.63. The third kappa shape index (κ3) is 4.78. The van der Waals surface area contributed by atoms with E-state index < -0.39 is 0 Å². The van der Waals surface area contributed by atoms with Crippen LogP contribution in [-0.4, -0.2) is 44.4 Å². The first-order valence-electron chi connectivity index (χ1n) is 5.26. The van der Waals surface area contributed by atoms with Gasteiger partial charge in [0.2, 0.25) is 12.3 Å². The Bertz CT molecular complexity index is 197. The first-order chi connectivity index (χ1) is 7.27. The maximum Gasteiger partial charge on any atom is 0.224 e. The minimum Gasteiger partial charge on any atom is -0.359 e. The molecule has 1 rings (SSSR count). The Morgan fingerprint density at radius 1 is 1.47 bits per heavy atom. The van der Waals surface area contributed by atoms with Crippen molar-refractivity contribution in [2.24, 2.45) is 11.7 Å². The van der Waals surface area contributed by atoms with Crippen LogP contribution in [0.3, 0.4) is 0 Å². The Hall–Kier alpha value is -1.10. The average Bonchev–Trinajstić information content (AvgIpc) is 2.55. The van der Waals surface area contributed by atoms with Gasteiger partial charge in [-0.15, -0.1) is 0 Å². The summed E-state index contributed by atoms with van der Waals surface area (Å²) in [5.41, 5.74) is 4.50. The number of hydrogen-bond donors (Lipinski definition) is 2. The molecule has 0 aromatic rings. The van der Waals surface area contributed by atoms with E-state index in [1.54, 1.807) is 11.9 Å². The molecular formula is C10H21N3O2. The van der Waals surface area contributed by atoms with Crippen molar-refractivity contribution in [3.05, 3.63) is 0 Å². The van der Waals surface area contributed by atoms with E-state index in [9.17, 15) is 9.59 Å². The third-order valence-electron chi connectivity index (χ3n) is 2.47. The van der Waals surface area contributed by atoms with Crippen molar-refractivity contribution in [2.75, 3.05) is 27.2 Å². The highest BCUT2D eigenvalue weighted by molar-refractivity contribution is 5.78. The first kappa shape index (κ1) is 13.9. The van der Waals surface area contributed by atoms with Gasteiger partial charge in [0.15, 0.2) is 0 Å². The fourth-order valence-corrected chi connectivity index (χ4v) is 1.69. The summed E-state index contributed by atoms with van der Waals surface area (Å²) < 4.78 is 0. The number of nitrogens with zero attached hydrogens (tertiary/aromatic N) is 1. The molecule has 1 heterocycles. The predicted octanol–water partition coefficient (Wildman–Crippen LogP) is -0.434. The summed E-state index contributed by atoms with van der Waals surface area (Å²) in [7, 11) is 3.14. The number of hydrogen-bond acceptors (Lipinski definition) is 3. The molecule has 1 atom stereocenters. The fourth-order valence-electron chi connectivity index (χ4n) is 1.69. The van der Waals surface area contributed by atoms with E-state index in [1.165, 1.54) is 7.05 Å². The lowest BCUT2D eigenvalue weighted by Crippen LogP contribution is -2.35. The van der Waals surface area contributed by atoms with E-state index in [0.717, 1.165) is 32.2 Å². The summed E-state index contributed by atoms with van der Waals surface area (Å²) in [6.07, 6.45) is 3.76. The molecule has 1 aliphatic heterocycles. The maximum atomic E-state index is 11.3. The number of likely N-dealkylation sites (tertiary alicyclic amines) is 1. The van der Waals surface area contributed by atoms with E-state index in [2.05, 4.69) is 11.1 Å². The van der Waals surface area contributed by atoms with Gasteiger partial charge in [-0.05, 0) is 19.9 Å². The molecular weight excluding hydrogens is 194 g/mol. The fraction of sp³-hybridized carbons (Fsp3) is 0.800. The maximum absolute atomic E-state index is 11.3. The minimum atomic E-state index is -0.0160. The first-order valence-corrected chi connectivity index (χ1v) is 5.26. The van der Waals surface area contributed by atoms with Crippen molar-refractivity contribution in [1.82, 2.24) is 10.2 Å². The zero-order valence-electron chi connectivity index (χ0n) is 9.53. The van der Waals surface area contributed by atoms with Crippen LogP contribution in [0.25, 0.3) is 0 Å². The third-order valence-corrected chi connectivity index (χ3v) is 2.47. The molecule has 5 nitrogen and oxygen atoms in total. The molecule has 15 heavy (non-hydrogen) atoms.